The normalized spacial score (nSPS) is 10.6. The number of nitrogens with two attached hydrogens (primary N) is 1. The van der Waals surface area contributed by atoms with Crippen LogP contribution in [0.1, 0.15) is 4.88 Å². The number of ether oxygens (including phenoxy) is 1. The molecule has 0 atom stereocenters. The van der Waals surface area contributed by atoms with Crippen LogP contribution in [-0.2, 0) is 0 Å². The summed E-state index contributed by atoms with van der Waals surface area (Å²) in [4.78, 5) is 5.97. The molecule has 4 heteroatoms. The van der Waals surface area contributed by atoms with Gasteiger partial charge in [-0.1, -0.05) is 30.3 Å². The van der Waals surface area contributed by atoms with Crippen molar-refractivity contribution in [1.29, 1.82) is 0 Å². The van der Waals surface area contributed by atoms with Gasteiger partial charge in [0.2, 0.25) is 0 Å². The van der Waals surface area contributed by atoms with E-state index in [0.29, 0.717) is 11.4 Å². The van der Waals surface area contributed by atoms with Crippen LogP contribution >= 0.6 is 11.3 Å². The zero-order valence-corrected chi connectivity index (χ0v) is 12.8. The van der Waals surface area contributed by atoms with Crippen LogP contribution in [0, 0.1) is 6.92 Å². The topological polar surface area (TPSA) is 48.1 Å². The van der Waals surface area contributed by atoms with Crippen LogP contribution in [0.15, 0.2) is 48.5 Å². The Kier molecular flexibility index (Phi) is 3.62. The van der Waals surface area contributed by atoms with Gasteiger partial charge in [-0.05, 0) is 25.1 Å². The van der Waals surface area contributed by atoms with Gasteiger partial charge < -0.3 is 10.5 Å². The minimum absolute atomic E-state index is 0.629. The highest BCUT2D eigenvalue weighted by atomic mass is 32.1. The van der Waals surface area contributed by atoms with Crippen LogP contribution in [0.5, 0.6) is 5.75 Å². The average molecular weight is 296 g/mol. The van der Waals surface area contributed by atoms with Gasteiger partial charge in [-0.3, -0.25) is 0 Å². The number of hydrogen-bond acceptors (Lipinski definition) is 4. The molecule has 0 bridgehead atoms. The van der Waals surface area contributed by atoms with Gasteiger partial charge in [-0.15, -0.1) is 11.3 Å². The largest absolute Gasteiger partial charge is 0.495 e. The minimum Gasteiger partial charge on any atom is -0.495 e. The molecule has 1 heterocycles. The van der Waals surface area contributed by atoms with Crippen molar-refractivity contribution in [3.05, 3.63) is 53.4 Å². The van der Waals surface area contributed by atoms with E-state index < -0.39 is 0 Å². The van der Waals surface area contributed by atoms with Crippen molar-refractivity contribution in [2.24, 2.45) is 0 Å². The van der Waals surface area contributed by atoms with Crippen molar-refractivity contribution in [3.8, 4) is 27.6 Å². The van der Waals surface area contributed by atoms with E-state index in [2.05, 4.69) is 19.1 Å². The average Bonchev–Trinajstić information content (AvgIpc) is 2.90. The smallest absolute Gasteiger partial charge is 0.141 e. The van der Waals surface area contributed by atoms with Crippen LogP contribution < -0.4 is 10.5 Å². The van der Waals surface area contributed by atoms with Gasteiger partial charge in [0.1, 0.15) is 10.8 Å². The van der Waals surface area contributed by atoms with E-state index in [0.717, 1.165) is 21.8 Å². The second-order valence-corrected chi connectivity index (χ2v) is 5.95. The Morgan fingerprint density at radius 3 is 2.48 bits per heavy atom. The lowest BCUT2D eigenvalue weighted by Gasteiger charge is -2.05. The summed E-state index contributed by atoms with van der Waals surface area (Å²) in [5, 5.41) is 0.973. The van der Waals surface area contributed by atoms with Gasteiger partial charge in [0.05, 0.1) is 18.5 Å². The lowest BCUT2D eigenvalue weighted by atomic mass is 10.1. The molecule has 0 aliphatic carbocycles. The molecule has 0 saturated carbocycles. The molecule has 0 spiro atoms. The molecule has 0 amide bonds. The molecular formula is C17H16N2OS. The fourth-order valence-electron chi connectivity index (χ4n) is 2.25. The van der Waals surface area contributed by atoms with Gasteiger partial charge in [0.25, 0.3) is 0 Å². The lowest BCUT2D eigenvalue weighted by Crippen LogP contribution is -1.92. The standard InChI is InChI=1S/C17H16N2OS/c1-11-16(12-6-4-3-5-7-12)19-17(21-11)13-8-9-15(20-2)14(18)10-13/h3-10H,18H2,1-2H3. The van der Waals surface area contributed by atoms with Crippen LogP contribution in [0.4, 0.5) is 5.69 Å². The van der Waals surface area contributed by atoms with E-state index in [9.17, 15) is 0 Å². The molecular weight excluding hydrogens is 280 g/mol. The molecule has 2 N–H and O–H groups in total. The first-order valence-corrected chi connectivity index (χ1v) is 7.47. The van der Waals surface area contributed by atoms with Crippen molar-refractivity contribution in [1.82, 2.24) is 4.98 Å². The van der Waals surface area contributed by atoms with Gasteiger partial charge in [0.15, 0.2) is 0 Å². The monoisotopic (exact) mass is 296 g/mol. The lowest BCUT2D eigenvalue weighted by molar-refractivity contribution is 0.417. The number of anilines is 1. The molecule has 1 aromatic heterocycles. The molecule has 0 fully saturated rings. The van der Waals surface area contributed by atoms with Gasteiger partial charge in [-0.2, -0.15) is 0 Å². The predicted molar refractivity (Wildman–Crippen MR) is 88.7 cm³/mol. The number of thiazole rings is 1. The first-order valence-electron chi connectivity index (χ1n) is 6.66. The van der Waals surface area contributed by atoms with Crippen molar-refractivity contribution < 1.29 is 4.74 Å². The summed E-state index contributed by atoms with van der Waals surface area (Å²) < 4.78 is 5.19. The molecule has 2 aromatic carbocycles. The number of nitrogens with zero attached hydrogens (tertiary/aromatic N) is 1. The molecule has 0 saturated heterocycles. The Balaban J connectivity index is 2.03. The molecule has 3 rings (SSSR count). The maximum atomic E-state index is 5.98. The second kappa shape index (κ2) is 5.58. The summed E-state index contributed by atoms with van der Waals surface area (Å²) in [6.07, 6.45) is 0. The second-order valence-electron chi connectivity index (χ2n) is 4.75. The third-order valence-corrected chi connectivity index (χ3v) is 4.34. The molecule has 0 aliphatic heterocycles. The Hall–Kier alpha value is -2.33. The first-order chi connectivity index (χ1) is 10.2. The van der Waals surface area contributed by atoms with E-state index >= 15 is 0 Å². The number of hydrogen-bond donors (Lipinski definition) is 1. The SMILES string of the molecule is COc1ccc(-c2nc(-c3ccccc3)c(C)s2)cc1N. The Bertz CT molecular complexity index is 766. The zero-order valence-electron chi connectivity index (χ0n) is 12.0. The Labute approximate surface area is 128 Å². The van der Waals surface area contributed by atoms with Gasteiger partial charge in [-0.25, -0.2) is 4.98 Å². The predicted octanol–water partition coefficient (Wildman–Crippen LogP) is 4.38. The van der Waals surface area contributed by atoms with E-state index in [1.807, 2.05) is 36.4 Å². The maximum absolute atomic E-state index is 5.98. The van der Waals surface area contributed by atoms with Crippen LogP contribution in [0.3, 0.4) is 0 Å². The van der Waals surface area contributed by atoms with Crippen LogP contribution in [-0.4, -0.2) is 12.1 Å². The Morgan fingerprint density at radius 2 is 1.81 bits per heavy atom. The molecule has 0 unspecified atom stereocenters. The zero-order chi connectivity index (χ0) is 14.8. The number of nitrogen functional groups attached to an aromatic ring is 1. The van der Waals surface area contributed by atoms with Crippen molar-refractivity contribution in [2.45, 2.75) is 6.92 Å². The fourth-order valence-corrected chi connectivity index (χ4v) is 3.18. The van der Waals surface area contributed by atoms with Crippen molar-refractivity contribution in [3.63, 3.8) is 0 Å². The summed E-state index contributed by atoms with van der Waals surface area (Å²) in [7, 11) is 1.62. The molecule has 0 radical (unpaired) electrons. The molecule has 3 nitrogen and oxygen atoms in total. The maximum Gasteiger partial charge on any atom is 0.141 e. The molecule has 21 heavy (non-hydrogen) atoms. The summed E-state index contributed by atoms with van der Waals surface area (Å²) in [5.41, 5.74) is 9.79. The fraction of sp³-hybridized carbons (Fsp3) is 0.118. The third-order valence-electron chi connectivity index (χ3n) is 3.32. The summed E-state index contributed by atoms with van der Waals surface area (Å²) in [6.45, 7) is 2.09. The third kappa shape index (κ3) is 2.62. The molecule has 3 aromatic rings. The number of methoxy groups -OCH3 is 1. The molecule has 106 valence electrons. The molecule has 0 aliphatic rings. The van der Waals surface area contributed by atoms with E-state index in [-0.39, 0.29) is 0 Å². The van der Waals surface area contributed by atoms with Crippen LogP contribution in [0.25, 0.3) is 21.8 Å². The van der Waals surface area contributed by atoms with Crippen molar-refractivity contribution >= 4 is 17.0 Å². The van der Waals surface area contributed by atoms with E-state index in [4.69, 9.17) is 15.5 Å². The van der Waals surface area contributed by atoms with Crippen LogP contribution in [0.2, 0.25) is 0 Å². The van der Waals surface area contributed by atoms with E-state index in [1.165, 1.54) is 4.88 Å². The highest BCUT2D eigenvalue weighted by molar-refractivity contribution is 7.15. The summed E-state index contributed by atoms with van der Waals surface area (Å²) in [5.74, 6) is 0.690. The van der Waals surface area contributed by atoms with Gasteiger partial charge in [0, 0.05) is 16.0 Å². The van der Waals surface area contributed by atoms with Gasteiger partial charge >= 0.3 is 0 Å². The minimum atomic E-state index is 0.629. The summed E-state index contributed by atoms with van der Waals surface area (Å²) in [6, 6.07) is 16.0. The highest BCUT2D eigenvalue weighted by Crippen LogP contribution is 2.35. The first kappa shape index (κ1) is 13.6. The summed E-state index contributed by atoms with van der Waals surface area (Å²) >= 11 is 1.68. The van der Waals surface area contributed by atoms with E-state index in [1.54, 1.807) is 18.4 Å². The number of aryl methyl sites for hydroxylation is 1. The van der Waals surface area contributed by atoms with Crippen molar-refractivity contribution in [2.75, 3.05) is 12.8 Å². The highest BCUT2D eigenvalue weighted by Gasteiger charge is 2.12. The number of benzene rings is 2. The number of aromatic nitrogens is 1. The number of rotatable bonds is 3. The Morgan fingerprint density at radius 1 is 1.05 bits per heavy atom. The quantitative estimate of drug-likeness (QED) is 0.730.